The van der Waals surface area contributed by atoms with Crippen molar-refractivity contribution in [1.29, 1.82) is 0 Å². The largest absolute Gasteiger partial charge is 0.452 e. The van der Waals surface area contributed by atoms with Crippen LogP contribution in [-0.2, 0) is 20.5 Å². The quantitative estimate of drug-likeness (QED) is 0.408. The number of amides is 3. The molecule has 10 nitrogen and oxygen atoms in total. The van der Waals surface area contributed by atoms with E-state index in [4.69, 9.17) is 4.74 Å². The fraction of sp³-hybridized carbons (Fsp3) is 0.526. The summed E-state index contributed by atoms with van der Waals surface area (Å²) in [6.07, 6.45) is -5.38. The van der Waals surface area contributed by atoms with Gasteiger partial charge in [-0.25, -0.2) is 4.79 Å². The van der Waals surface area contributed by atoms with Crippen LogP contribution < -0.4 is 10.2 Å². The van der Waals surface area contributed by atoms with Crippen LogP contribution in [0, 0.1) is 16.0 Å². The number of urea groups is 1. The third kappa shape index (κ3) is 4.92. The number of rotatable bonds is 5. The molecule has 1 N–H and O–H groups in total. The molecule has 174 valence electrons. The van der Waals surface area contributed by atoms with Crippen LogP contribution in [0.4, 0.5) is 29.3 Å². The molecule has 2 aliphatic rings. The van der Waals surface area contributed by atoms with Gasteiger partial charge in [0.15, 0.2) is 6.10 Å². The van der Waals surface area contributed by atoms with Gasteiger partial charge in [-0.15, -0.1) is 0 Å². The number of nitrogens with zero attached hydrogens (tertiary/aromatic N) is 3. The molecule has 0 spiro atoms. The Hall–Kier alpha value is -3.38. The number of benzene rings is 1. The van der Waals surface area contributed by atoms with Crippen molar-refractivity contribution in [2.45, 2.75) is 32.0 Å². The Kier molecular flexibility index (Phi) is 6.55. The molecule has 0 unspecified atom stereocenters. The number of nitro groups is 1. The smallest absolute Gasteiger partial charge is 0.416 e. The fourth-order valence-corrected chi connectivity index (χ4v) is 3.69. The summed E-state index contributed by atoms with van der Waals surface area (Å²) in [5, 5.41) is 13.8. The predicted octanol–water partition coefficient (Wildman–Crippen LogP) is 2.31. The Morgan fingerprint density at radius 1 is 1.25 bits per heavy atom. The molecule has 1 aromatic rings. The standard InChI is InChI=1S/C19H21F3N4O6/c1-11(16(27)25-9-6-23-18(25)29)32-17(28)12-4-7-24(8-5-12)14-3-2-13(19(20,21)22)10-15(14)26(30)31/h2-3,10-12H,4-9H2,1H3,(H,23,29)/t11-/m0/s1. The number of halogens is 3. The summed E-state index contributed by atoms with van der Waals surface area (Å²) in [5.41, 5.74) is -1.74. The molecule has 0 saturated carbocycles. The van der Waals surface area contributed by atoms with E-state index < -0.39 is 52.3 Å². The van der Waals surface area contributed by atoms with Crippen LogP contribution in [0.15, 0.2) is 18.2 Å². The summed E-state index contributed by atoms with van der Waals surface area (Å²) in [6.45, 7) is 2.24. The van der Waals surface area contributed by atoms with Crippen LogP contribution in [0.1, 0.15) is 25.3 Å². The normalized spacial score (nSPS) is 18.3. The molecule has 1 aromatic carbocycles. The maximum Gasteiger partial charge on any atom is 0.416 e. The SMILES string of the molecule is C[C@H](OC(=O)C1CCN(c2ccc(C(F)(F)F)cc2[N+](=O)[O-])CC1)C(=O)N1CCNC1=O. The molecule has 13 heteroatoms. The van der Waals surface area contributed by atoms with E-state index in [1.165, 1.54) is 6.92 Å². The second kappa shape index (κ2) is 9.01. The number of imide groups is 1. The van der Waals surface area contributed by atoms with E-state index in [-0.39, 0.29) is 38.2 Å². The minimum absolute atomic E-state index is 0.0402. The van der Waals surface area contributed by atoms with Crippen molar-refractivity contribution in [2.24, 2.45) is 5.92 Å². The first-order chi connectivity index (χ1) is 15.0. The molecule has 32 heavy (non-hydrogen) atoms. The Bertz CT molecular complexity index is 930. The summed E-state index contributed by atoms with van der Waals surface area (Å²) in [5.74, 6) is -1.85. The maximum absolute atomic E-state index is 12.9. The molecule has 1 atom stereocenters. The van der Waals surface area contributed by atoms with Crippen LogP contribution >= 0.6 is 0 Å². The van der Waals surface area contributed by atoms with E-state index in [1.54, 1.807) is 4.90 Å². The topological polar surface area (TPSA) is 122 Å². The minimum Gasteiger partial charge on any atom is -0.452 e. The number of carbonyl (C=O) groups is 3. The highest BCUT2D eigenvalue weighted by molar-refractivity contribution is 5.98. The first-order valence-electron chi connectivity index (χ1n) is 9.89. The van der Waals surface area contributed by atoms with Gasteiger partial charge in [0, 0.05) is 32.2 Å². The lowest BCUT2D eigenvalue weighted by Crippen LogP contribution is -2.43. The van der Waals surface area contributed by atoms with Crippen molar-refractivity contribution in [3.63, 3.8) is 0 Å². The summed E-state index contributed by atoms with van der Waals surface area (Å²) < 4.78 is 43.9. The third-order valence-corrected chi connectivity index (χ3v) is 5.43. The van der Waals surface area contributed by atoms with Gasteiger partial charge in [0.2, 0.25) is 0 Å². The molecule has 0 bridgehead atoms. The van der Waals surface area contributed by atoms with Crippen molar-refractivity contribution in [3.05, 3.63) is 33.9 Å². The number of nitro benzene ring substituents is 1. The van der Waals surface area contributed by atoms with Crippen LogP contribution in [0.25, 0.3) is 0 Å². The first-order valence-corrected chi connectivity index (χ1v) is 9.89. The third-order valence-electron chi connectivity index (χ3n) is 5.43. The monoisotopic (exact) mass is 458 g/mol. The van der Waals surface area contributed by atoms with Crippen molar-refractivity contribution in [1.82, 2.24) is 10.2 Å². The lowest BCUT2D eigenvalue weighted by molar-refractivity contribution is -0.384. The average Bonchev–Trinajstić information content (AvgIpc) is 3.17. The number of hydrogen-bond acceptors (Lipinski definition) is 7. The van der Waals surface area contributed by atoms with Gasteiger partial charge >= 0.3 is 18.2 Å². The van der Waals surface area contributed by atoms with E-state index in [1.807, 2.05) is 0 Å². The second-order valence-electron chi connectivity index (χ2n) is 7.52. The van der Waals surface area contributed by atoms with Gasteiger partial charge in [-0.3, -0.25) is 24.6 Å². The number of alkyl halides is 3. The van der Waals surface area contributed by atoms with Gasteiger partial charge in [0.1, 0.15) is 5.69 Å². The second-order valence-corrected chi connectivity index (χ2v) is 7.52. The molecule has 3 rings (SSSR count). The highest BCUT2D eigenvalue weighted by Gasteiger charge is 2.36. The predicted molar refractivity (Wildman–Crippen MR) is 104 cm³/mol. The van der Waals surface area contributed by atoms with E-state index in [0.717, 1.165) is 17.0 Å². The molecular weight excluding hydrogens is 437 g/mol. The van der Waals surface area contributed by atoms with Gasteiger partial charge < -0.3 is 15.0 Å². The van der Waals surface area contributed by atoms with Crippen LogP contribution in [0.2, 0.25) is 0 Å². The zero-order valence-corrected chi connectivity index (χ0v) is 17.1. The zero-order valence-electron chi connectivity index (χ0n) is 17.1. The zero-order chi connectivity index (χ0) is 23.6. The Morgan fingerprint density at radius 3 is 2.44 bits per heavy atom. The summed E-state index contributed by atoms with van der Waals surface area (Å²) in [7, 11) is 0. The molecule has 2 heterocycles. The van der Waals surface area contributed by atoms with Gasteiger partial charge in [-0.05, 0) is 31.9 Å². The van der Waals surface area contributed by atoms with E-state index in [2.05, 4.69) is 5.32 Å². The van der Waals surface area contributed by atoms with Crippen molar-refractivity contribution >= 4 is 29.3 Å². The number of esters is 1. The number of ether oxygens (including phenoxy) is 1. The number of nitrogens with one attached hydrogen (secondary N) is 1. The summed E-state index contributed by atoms with van der Waals surface area (Å²) in [4.78, 5) is 49.2. The van der Waals surface area contributed by atoms with Crippen LogP contribution in [-0.4, -0.2) is 60.0 Å². The Balaban J connectivity index is 1.61. The fourth-order valence-electron chi connectivity index (χ4n) is 3.69. The molecule has 2 fully saturated rings. The first kappa shape index (κ1) is 23.3. The highest BCUT2D eigenvalue weighted by Crippen LogP contribution is 2.37. The summed E-state index contributed by atoms with van der Waals surface area (Å²) in [6, 6.07) is 1.79. The number of piperidine rings is 1. The van der Waals surface area contributed by atoms with Gasteiger partial charge in [0.25, 0.3) is 11.6 Å². The molecule has 0 aliphatic carbocycles. The maximum atomic E-state index is 12.9. The average molecular weight is 458 g/mol. The Labute approximate surface area is 180 Å². The Morgan fingerprint density at radius 2 is 1.91 bits per heavy atom. The van der Waals surface area contributed by atoms with Crippen LogP contribution in [0.3, 0.4) is 0 Å². The van der Waals surface area contributed by atoms with E-state index in [0.29, 0.717) is 12.6 Å². The lowest BCUT2D eigenvalue weighted by atomic mass is 9.96. The summed E-state index contributed by atoms with van der Waals surface area (Å²) >= 11 is 0. The molecule has 0 aromatic heterocycles. The van der Waals surface area contributed by atoms with Crippen molar-refractivity contribution in [2.75, 3.05) is 31.1 Å². The van der Waals surface area contributed by atoms with Gasteiger partial charge in [-0.1, -0.05) is 0 Å². The molecule has 3 amide bonds. The van der Waals surface area contributed by atoms with Gasteiger partial charge in [-0.2, -0.15) is 13.2 Å². The highest BCUT2D eigenvalue weighted by atomic mass is 19.4. The molecular formula is C19H21F3N4O6. The number of anilines is 1. The van der Waals surface area contributed by atoms with Gasteiger partial charge in [0.05, 0.1) is 16.4 Å². The molecule has 0 radical (unpaired) electrons. The van der Waals surface area contributed by atoms with Crippen LogP contribution in [0.5, 0.6) is 0 Å². The minimum atomic E-state index is -4.70. The number of hydrogen-bond donors (Lipinski definition) is 1. The number of carbonyl (C=O) groups excluding carboxylic acids is 3. The van der Waals surface area contributed by atoms with Crippen molar-refractivity contribution in [3.8, 4) is 0 Å². The molecule has 2 saturated heterocycles. The molecule has 2 aliphatic heterocycles. The lowest BCUT2D eigenvalue weighted by Gasteiger charge is -2.32. The van der Waals surface area contributed by atoms with E-state index >= 15 is 0 Å². The van der Waals surface area contributed by atoms with E-state index in [9.17, 15) is 37.7 Å². The van der Waals surface area contributed by atoms with Crippen molar-refractivity contribution < 1.29 is 37.2 Å².